The number of carbonyl (C=O) groups excluding carboxylic acids is 1. The van der Waals surface area contributed by atoms with Crippen molar-refractivity contribution in [1.29, 1.82) is 0 Å². The van der Waals surface area contributed by atoms with Crippen LogP contribution in [0.15, 0.2) is 48.8 Å². The van der Waals surface area contributed by atoms with Gasteiger partial charge in [-0.15, -0.1) is 0 Å². The van der Waals surface area contributed by atoms with Gasteiger partial charge in [0.25, 0.3) is 0 Å². The number of nitrogens with one attached hydrogen (secondary N) is 1. The van der Waals surface area contributed by atoms with Gasteiger partial charge in [0, 0.05) is 38.1 Å². The average Bonchev–Trinajstić information content (AvgIpc) is 2.77. The Hall–Kier alpha value is -2.39. The van der Waals surface area contributed by atoms with E-state index >= 15 is 0 Å². The molecule has 0 radical (unpaired) electrons. The first-order valence-corrected chi connectivity index (χ1v) is 11.1. The molecule has 0 bridgehead atoms. The molecule has 0 aliphatic carbocycles. The Labute approximate surface area is 187 Å². The van der Waals surface area contributed by atoms with Crippen LogP contribution in [0.25, 0.3) is 0 Å². The lowest BCUT2D eigenvalue weighted by molar-refractivity contribution is -0.158. The third kappa shape index (κ3) is 6.32. The lowest BCUT2D eigenvalue weighted by Crippen LogP contribution is -2.55. The second-order valence-corrected chi connectivity index (χ2v) is 8.53. The Bertz CT molecular complexity index is 885. The first kappa shape index (κ1) is 22.8. The van der Waals surface area contributed by atoms with Gasteiger partial charge in [0.05, 0.1) is 37.9 Å². The van der Waals surface area contributed by atoms with Crippen molar-refractivity contribution in [2.45, 2.75) is 56.7 Å². The first-order chi connectivity index (χ1) is 15.6. The molecule has 0 saturated carbocycles. The van der Waals surface area contributed by atoms with E-state index in [1.165, 1.54) is 12.1 Å². The maximum absolute atomic E-state index is 13.7. The normalized spacial score (nSPS) is 26.6. The van der Waals surface area contributed by atoms with Crippen LogP contribution in [-0.2, 0) is 27.4 Å². The number of benzene rings is 1. The Balaban J connectivity index is 1.35. The summed E-state index contributed by atoms with van der Waals surface area (Å²) in [6.45, 7) is 2.00. The van der Waals surface area contributed by atoms with E-state index < -0.39 is 6.10 Å². The Morgan fingerprint density at radius 1 is 1.19 bits per heavy atom. The molecule has 2 fully saturated rings. The summed E-state index contributed by atoms with van der Waals surface area (Å²) in [4.78, 5) is 18.6. The standard InChI is InChI=1S/C24H30FN3O4/c25-19-3-1-2-18(10-19)13-28-14-20(29)15-31-16-23-22(28)5-4-21(32-23)11-24(30)27-12-17-6-8-26-9-7-17/h1-3,6-10,20-23,29H,4-5,11-16H2,(H,27,30)/t20-,21+,22-,23+/m1/s1. The molecule has 7 nitrogen and oxygen atoms in total. The maximum Gasteiger partial charge on any atom is 0.222 e. The van der Waals surface area contributed by atoms with Crippen molar-refractivity contribution in [1.82, 2.24) is 15.2 Å². The number of hydrogen-bond acceptors (Lipinski definition) is 6. The molecule has 2 N–H and O–H groups in total. The van der Waals surface area contributed by atoms with Gasteiger partial charge in [-0.2, -0.15) is 0 Å². The molecule has 0 unspecified atom stereocenters. The molecule has 2 aromatic rings. The van der Waals surface area contributed by atoms with Gasteiger partial charge < -0.3 is 19.9 Å². The third-order valence-electron chi connectivity index (χ3n) is 6.01. The smallest absolute Gasteiger partial charge is 0.222 e. The summed E-state index contributed by atoms with van der Waals surface area (Å²) in [6, 6.07) is 10.3. The first-order valence-electron chi connectivity index (χ1n) is 11.1. The third-order valence-corrected chi connectivity index (χ3v) is 6.01. The van der Waals surface area contributed by atoms with Crippen LogP contribution >= 0.6 is 0 Å². The van der Waals surface area contributed by atoms with E-state index in [4.69, 9.17) is 9.47 Å². The number of β-amino-alcohol motifs (C(OH)–C–C–N with tert-alkyl or cyclic N) is 1. The molecule has 2 aliphatic heterocycles. The Morgan fingerprint density at radius 2 is 2.03 bits per heavy atom. The zero-order chi connectivity index (χ0) is 22.3. The highest BCUT2D eigenvalue weighted by molar-refractivity contribution is 5.76. The number of aliphatic hydroxyl groups excluding tert-OH is 1. The molecular weight excluding hydrogens is 413 g/mol. The van der Waals surface area contributed by atoms with Gasteiger partial charge in [-0.05, 0) is 48.2 Å². The molecular formula is C24H30FN3O4. The van der Waals surface area contributed by atoms with E-state index in [1.807, 2.05) is 18.2 Å². The van der Waals surface area contributed by atoms with Gasteiger partial charge in [0.2, 0.25) is 5.91 Å². The lowest BCUT2D eigenvalue weighted by Gasteiger charge is -2.44. The van der Waals surface area contributed by atoms with Gasteiger partial charge in [-0.3, -0.25) is 14.7 Å². The van der Waals surface area contributed by atoms with E-state index in [1.54, 1.807) is 18.5 Å². The fourth-order valence-electron chi connectivity index (χ4n) is 4.48. The van der Waals surface area contributed by atoms with Crippen LogP contribution < -0.4 is 5.32 Å². The molecule has 2 saturated heterocycles. The van der Waals surface area contributed by atoms with Gasteiger partial charge in [-0.25, -0.2) is 4.39 Å². The van der Waals surface area contributed by atoms with Crippen LogP contribution in [0.2, 0.25) is 0 Å². The quantitative estimate of drug-likeness (QED) is 0.711. The van der Waals surface area contributed by atoms with Gasteiger partial charge in [0.15, 0.2) is 0 Å². The molecule has 1 aromatic heterocycles. The topological polar surface area (TPSA) is 83.9 Å². The SMILES string of the molecule is O=C(C[C@@H]1CC[C@@H]2[C@H](COC[C@H](O)CN2Cc2cccc(F)c2)O1)NCc1ccncc1. The Morgan fingerprint density at radius 3 is 2.84 bits per heavy atom. The van der Waals surface area contributed by atoms with Crippen molar-refractivity contribution >= 4 is 5.91 Å². The number of pyridine rings is 1. The fraction of sp³-hybridized carbons (Fsp3) is 0.500. The van der Waals surface area contributed by atoms with Crippen molar-refractivity contribution in [2.75, 3.05) is 19.8 Å². The largest absolute Gasteiger partial charge is 0.389 e. The van der Waals surface area contributed by atoms with Crippen LogP contribution in [0, 0.1) is 5.82 Å². The number of hydrogen-bond donors (Lipinski definition) is 2. The summed E-state index contributed by atoms with van der Waals surface area (Å²) in [5, 5.41) is 13.2. The predicted molar refractivity (Wildman–Crippen MR) is 116 cm³/mol. The highest BCUT2D eigenvalue weighted by atomic mass is 19.1. The van der Waals surface area contributed by atoms with Gasteiger partial charge in [0.1, 0.15) is 5.82 Å². The number of aliphatic hydroxyl groups is 1. The maximum atomic E-state index is 13.7. The van der Waals surface area contributed by atoms with E-state index in [0.29, 0.717) is 32.7 Å². The highest BCUT2D eigenvalue weighted by Gasteiger charge is 2.38. The highest BCUT2D eigenvalue weighted by Crippen LogP contribution is 2.28. The minimum absolute atomic E-state index is 0.0318. The molecule has 1 amide bonds. The van der Waals surface area contributed by atoms with E-state index in [-0.39, 0.29) is 36.6 Å². The summed E-state index contributed by atoms with van der Waals surface area (Å²) in [6.07, 6.45) is 4.25. The fourth-order valence-corrected chi connectivity index (χ4v) is 4.48. The van der Waals surface area contributed by atoms with Crippen molar-refractivity contribution in [3.63, 3.8) is 0 Å². The number of amides is 1. The molecule has 0 spiro atoms. The second kappa shape index (κ2) is 11.0. The van der Waals surface area contributed by atoms with Crippen molar-refractivity contribution < 1.29 is 23.8 Å². The number of rotatable bonds is 6. The minimum Gasteiger partial charge on any atom is -0.389 e. The average molecular weight is 444 g/mol. The molecule has 8 heteroatoms. The number of halogens is 1. The van der Waals surface area contributed by atoms with Crippen molar-refractivity contribution in [2.24, 2.45) is 0 Å². The van der Waals surface area contributed by atoms with Crippen LogP contribution in [-0.4, -0.2) is 65.0 Å². The van der Waals surface area contributed by atoms with Crippen LogP contribution in [0.1, 0.15) is 30.4 Å². The molecule has 4 rings (SSSR count). The summed E-state index contributed by atoms with van der Waals surface area (Å²) < 4.78 is 25.6. The summed E-state index contributed by atoms with van der Waals surface area (Å²) >= 11 is 0. The zero-order valence-corrected chi connectivity index (χ0v) is 18.0. The summed E-state index contributed by atoms with van der Waals surface area (Å²) in [5.74, 6) is -0.322. The molecule has 3 heterocycles. The second-order valence-electron chi connectivity index (χ2n) is 8.53. The monoisotopic (exact) mass is 443 g/mol. The number of ether oxygens (including phenoxy) is 2. The number of fused-ring (bicyclic) bond motifs is 1. The van der Waals surface area contributed by atoms with E-state index in [9.17, 15) is 14.3 Å². The summed E-state index contributed by atoms with van der Waals surface area (Å²) in [7, 11) is 0. The van der Waals surface area contributed by atoms with Crippen LogP contribution in [0.5, 0.6) is 0 Å². The molecule has 172 valence electrons. The molecule has 32 heavy (non-hydrogen) atoms. The number of nitrogens with zero attached hydrogens (tertiary/aromatic N) is 2. The lowest BCUT2D eigenvalue weighted by atomic mass is 9.94. The van der Waals surface area contributed by atoms with Gasteiger partial charge >= 0.3 is 0 Å². The van der Waals surface area contributed by atoms with Crippen molar-refractivity contribution in [3.8, 4) is 0 Å². The van der Waals surface area contributed by atoms with E-state index in [2.05, 4.69) is 15.2 Å². The van der Waals surface area contributed by atoms with Crippen molar-refractivity contribution in [3.05, 3.63) is 65.7 Å². The zero-order valence-electron chi connectivity index (χ0n) is 18.0. The van der Waals surface area contributed by atoms with E-state index in [0.717, 1.165) is 24.0 Å². The molecule has 4 atom stereocenters. The number of aromatic nitrogens is 1. The minimum atomic E-state index is -0.610. The van der Waals surface area contributed by atoms with Crippen LogP contribution in [0.4, 0.5) is 4.39 Å². The van der Waals surface area contributed by atoms with Crippen LogP contribution in [0.3, 0.4) is 0 Å². The number of carbonyl (C=O) groups is 1. The molecule has 2 aliphatic rings. The summed E-state index contributed by atoms with van der Waals surface area (Å²) in [5.41, 5.74) is 1.85. The Kier molecular flexibility index (Phi) is 7.81. The van der Waals surface area contributed by atoms with Gasteiger partial charge in [-0.1, -0.05) is 12.1 Å². The predicted octanol–water partition coefficient (Wildman–Crippen LogP) is 2.04. The molecule has 1 aromatic carbocycles.